The first-order chi connectivity index (χ1) is 14.7. The Morgan fingerprint density at radius 1 is 0.903 bits per heavy atom. The second kappa shape index (κ2) is 7.62. The molecule has 31 heavy (non-hydrogen) atoms. The highest BCUT2D eigenvalue weighted by molar-refractivity contribution is 5.72. The van der Waals surface area contributed by atoms with Gasteiger partial charge in [0.2, 0.25) is 0 Å². The van der Waals surface area contributed by atoms with Gasteiger partial charge in [-0.25, -0.2) is 0 Å². The van der Waals surface area contributed by atoms with Crippen molar-refractivity contribution in [3.63, 3.8) is 0 Å². The summed E-state index contributed by atoms with van der Waals surface area (Å²) in [6, 6.07) is 17.4. The van der Waals surface area contributed by atoms with Crippen molar-refractivity contribution in [1.29, 1.82) is 0 Å². The molecular weight excluding hydrogens is 374 g/mol. The van der Waals surface area contributed by atoms with Crippen LogP contribution >= 0.6 is 0 Å². The number of hydrogen-bond acceptors (Lipinski definition) is 1. The Hall–Kier alpha value is -1.86. The predicted octanol–water partition coefficient (Wildman–Crippen LogP) is 7.55. The first-order valence-corrected chi connectivity index (χ1v) is 12.4. The molecule has 1 nitrogen and oxygen atoms in total. The van der Waals surface area contributed by atoms with E-state index in [0.717, 1.165) is 6.54 Å². The van der Waals surface area contributed by atoms with Crippen molar-refractivity contribution in [1.82, 2.24) is 4.90 Å². The van der Waals surface area contributed by atoms with E-state index in [0.29, 0.717) is 12.1 Å². The van der Waals surface area contributed by atoms with E-state index < -0.39 is 0 Å². The molecular formula is C30H39N. The summed E-state index contributed by atoms with van der Waals surface area (Å²) in [4.78, 5) is 2.78. The summed E-state index contributed by atoms with van der Waals surface area (Å²) in [6.45, 7) is 13.2. The van der Waals surface area contributed by atoms with Gasteiger partial charge in [-0.15, -0.1) is 0 Å². The molecule has 1 aliphatic carbocycles. The molecule has 2 bridgehead atoms. The van der Waals surface area contributed by atoms with Crippen molar-refractivity contribution < 1.29 is 0 Å². The predicted molar refractivity (Wildman–Crippen MR) is 132 cm³/mol. The number of aryl methyl sites for hydroxylation is 1. The van der Waals surface area contributed by atoms with Gasteiger partial charge in [0.05, 0.1) is 0 Å². The molecule has 0 radical (unpaired) electrons. The van der Waals surface area contributed by atoms with Gasteiger partial charge in [0.1, 0.15) is 0 Å². The molecule has 0 amide bonds. The topological polar surface area (TPSA) is 3.24 Å². The zero-order valence-electron chi connectivity index (χ0n) is 20.2. The molecule has 5 rings (SSSR count). The van der Waals surface area contributed by atoms with Crippen molar-refractivity contribution in [3.05, 3.63) is 76.4 Å². The van der Waals surface area contributed by atoms with Crippen molar-refractivity contribution >= 4 is 5.57 Å². The van der Waals surface area contributed by atoms with Crippen LogP contribution in [-0.4, -0.2) is 17.0 Å². The van der Waals surface area contributed by atoms with Crippen LogP contribution < -0.4 is 0 Å². The minimum Gasteiger partial charge on any atom is -0.289 e. The number of fused-ring (bicyclic) bond motifs is 3. The molecule has 1 fully saturated rings. The molecule has 2 atom stereocenters. The van der Waals surface area contributed by atoms with Gasteiger partial charge in [-0.1, -0.05) is 82.7 Å². The van der Waals surface area contributed by atoms with E-state index in [9.17, 15) is 0 Å². The van der Waals surface area contributed by atoms with Crippen LogP contribution in [-0.2, 0) is 17.4 Å². The normalized spacial score (nSPS) is 26.8. The van der Waals surface area contributed by atoms with Gasteiger partial charge in [0, 0.05) is 18.6 Å². The Morgan fingerprint density at radius 2 is 1.58 bits per heavy atom. The minimum atomic E-state index is 0.276. The molecule has 2 aromatic carbocycles. The van der Waals surface area contributed by atoms with Gasteiger partial charge < -0.3 is 0 Å². The van der Waals surface area contributed by atoms with Gasteiger partial charge in [0.15, 0.2) is 0 Å². The highest BCUT2D eigenvalue weighted by Crippen LogP contribution is 2.48. The highest BCUT2D eigenvalue weighted by atomic mass is 15.2. The van der Waals surface area contributed by atoms with Gasteiger partial charge in [-0.05, 0) is 83.2 Å². The summed E-state index contributed by atoms with van der Waals surface area (Å²) >= 11 is 0. The standard InChI is InChI=1S/C30H39N/c1-21-16-27-28(30(4,5)15-14-29(27,2)3)19-26(21)23-17-24-12-9-13-25(18-23)31(24)20-22-10-7-6-8-11-22/h6-8,10-11,16-17,19,24-25H,9,12-15,18,20H2,1-5H3. The Bertz CT molecular complexity index is 995. The molecule has 2 aliphatic heterocycles. The van der Waals surface area contributed by atoms with Gasteiger partial charge in [-0.3, -0.25) is 4.90 Å². The van der Waals surface area contributed by atoms with E-state index in [4.69, 9.17) is 0 Å². The fourth-order valence-corrected chi connectivity index (χ4v) is 6.43. The fraction of sp³-hybridized carbons (Fsp3) is 0.533. The van der Waals surface area contributed by atoms with E-state index in [1.54, 1.807) is 16.7 Å². The summed E-state index contributed by atoms with van der Waals surface area (Å²) in [5.41, 5.74) is 9.82. The van der Waals surface area contributed by atoms with Crippen molar-refractivity contribution in [2.24, 2.45) is 0 Å². The average molecular weight is 414 g/mol. The monoisotopic (exact) mass is 413 g/mol. The molecule has 2 unspecified atom stereocenters. The van der Waals surface area contributed by atoms with Crippen molar-refractivity contribution in [2.75, 3.05) is 0 Å². The van der Waals surface area contributed by atoms with Gasteiger partial charge >= 0.3 is 0 Å². The maximum Gasteiger partial charge on any atom is 0.0290 e. The highest BCUT2D eigenvalue weighted by Gasteiger charge is 2.39. The number of nitrogens with zero attached hydrogens (tertiary/aromatic N) is 1. The fourth-order valence-electron chi connectivity index (χ4n) is 6.43. The van der Waals surface area contributed by atoms with E-state index in [1.807, 2.05) is 0 Å². The summed E-state index contributed by atoms with van der Waals surface area (Å²) in [5.74, 6) is 0. The van der Waals surface area contributed by atoms with Crippen LogP contribution in [0.5, 0.6) is 0 Å². The molecule has 0 saturated carbocycles. The van der Waals surface area contributed by atoms with Gasteiger partial charge in [-0.2, -0.15) is 0 Å². The molecule has 1 saturated heterocycles. The minimum absolute atomic E-state index is 0.276. The van der Waals surface area contributed by atoms with Crippen LogP contribution in [0.25, 0.3) is 5.57 Å². The largest absolute Gasteiger partial charge is 0.289 e. The van der Waals surface area contributed by atoms with Crippen LogP contribution in [0.4, 0.5) is 0 Å². The molecule has 0 N–H and O–H groups in total. The molecule has 164 valence electrons. The number of hydrogen-bond donors (Lipinski definition) is 0. The van der Waals surface area contributed by atoms with E-state index in [2.05, 4.69) is 88.1 Å². The maximum atomic E-state index is 2.78. The van der Waals surface area contributed by atoms with Crippen LogP contribution in [0.1, 0.15) is 94.0 Å². The lowest BCUT2D eigenvalue weighted by Gasteiger charge is -2.46. The molecule has 1 heteroatoms. The lowest BCUT2D eigenvalue weighted by atomic mass is 9.62. The Labute approximate surface area is 189 Å². The summed E-state index contributed by atoms with van der Waals surface area (Å²) in [7, 11) is 0. The second-order valence-electron chi connectivity index (χ2n) is 11.7. The molecule has 3 aliphatic rings. The molecule has 0 aromatic heterocycles. The van der Waals surface area contributed by atoms with E-state index in [1.165, 1.54) is 55.2 Å². The molecule has 2 heterocycles. The van der Waals surface area contributed by atoms with Crippen LogP contribution in [0, 0.1) is 6.92 Å². The summed E-state index contributed by atoms with van der Waals surface area (Å²) in [5, 5.41) is 0. The smallest absolute Gasteiger partial charge is 0.0290 e. The maximum absolute atomic E-state index is 2.78. The van der Waals surface area contributed by atoms with E-state index >= 15 is 0 Å². The van der Waals surface area contributed by atoms with Crippen molar-refractivity contribution in [3.8, 4) is 0 Å². The second-order valence-corrected chi connectivity index (χ2v) is 11.7. The number of rotatable bonds is 3. The Balaban J connectivity index is 1.51. The van der Waals surface area contributed by atoms with E-state index in [-0.39, 0.29) is 10.8 Å². The van der Waals surface area contributed by atoms with Gasteiger partial charge in [0.25, 0.3) is 0 Å². The zero-order valence-corrected chi connectivity index (χ0v) is 20.2. The Kier molecular flexibility index (Phi) is 5.17. The first-order valence-electron chi connectivity index (χ1n) is 12.4. The quantitative estimate of drug-likeness (QED) is 0.502. The molecule has 0 spiro atoms. The zero-order chi connectivity index (χ0) is 21.8. The molecule has 2 aromatic rings. The summed E-state index contributed by atoms with van der Waals surface area (Å²) < 4.78 is 0. The van der Waals surface area contributed by atoms with Crippen molar-refractivity contribution in [2.45, 2.75) is 103 Å². The third-order valence-electron chi connectivity index (χ3n) is 8.53. The lowest BCUT2D eigenvalue weighted by molar-refractivity contribution is 0.0951. The number of piperidine rings is 1. The first kappa shape index (κ1) is 21.0. The van der Waals surface area contributed by atoms with Crippen LogP contribution in [0.15, 0.2) is 48.5 Å². The lowest BCUT2D eigenvalue weighted by Crippen LogP contribution is -2.47. The SMILES string of the molecule is Cc1cc2c(cc1C1=CC3CCCC(C1)N3Cc1ccccc1)C(C)(C)CCC2(C)C. The van der Waals surface area contributed by atoms with Crippen LogP contribution in [0.2, 0.25) is 0 Å². The third kappa shape index (κ3) is 3.80. The number of benzene rings is 2. The average Bonchev–Trinajstić information content (AvgIpc) is 2.72. The third-order valence-corrected chi connectivity index (χ3v) is 8.53. The van der Waals surface area contributed by atoms with Crippen LogP contribution in [0.3, 0.4) is 0 Å². The Morgan fingerprint density at radius 3 is 2.26 bits per heavy atom. The summed E-state index contributed by atoms with van der Waals surface area (Å²) in [6.07, 6.45) is 10.4.